The predicted octanol–water partition coefficient (Wildman–Crippen LogP) is 0.793. The first-order chi connectivity index (χ1) is 11.2. The highest BCUT2D eigenvalue weighted by molar-refractivity contribution is 7.91. The Balaban J connectivity index is 2.12. The van der Waals surface area contributed by atoms with Crippen molar-refractivity contribution >= 4 is 21.6 Å². The van der Waals surface area contributed by atoms with Crippen LogP contribution in [0.3, 0.4) is 0 Å². The molecule has 0 saturated carbocycles. The Morgan fingerprint density at radius 1 is 1.58 bits per heavy atom. The Hall–Kier alpha value is -2.23. The number of carbonyl (C=O) groups excluding carboxylic acids is 1. The fourth-order valence-corrected chi connectivity index (χ4v) is 4.43. The fourth-order valence-electron chi connectivity index (χ4n) is 2.70. The van der Waals surface area contributed by atoms with Crippen molar-refractivity contribution in [3.05, 3.63) is 28.4 Å². The monoisotopic (exact) mass is 357 g/mol. The van der Waals surface area contributed by atoms with E-state index in [1.807, 2.05) is 0 Å². The first-order valence-corrected chi connectivity index (χ1v) is 9.34. The quantitative estimate of drug-likeness (QED) is 0.545. The molecular weight excluding hydrogens is 338 g/mol. The number of nitrogens with zero attached hydrogens (tertiary/aromatic N) is 3. The summed E-state index contributed by atoms with van der Waals surface area (Å²) < 4.78 is 28.6. The van der Waals surface area contributed by atoms with Gasteiger partial charge in [-0.1, -0.05) is 0 Å². The molecule has 1 aromatic heterocycles. The van der Waals surface area contributed by atoms with Gasteiger partial charge in [-0.2, -0.15) is 0 Å². The Bertz CT molecular complexity index is 736. The second-order valence-corrected chi connectivity index (χ2v) is 7.75. The van der Waals surface area contributed by atoms with Gasteiger partial charge in [0, 0.05) is 12.6 Å². The van der Waals surface area contributed by atoms with Gasteiger partial charge in [-0.15, -0.1) is 0 Å². The lowest BCUT2D eigenvalue weighted by molar-refractivity contribution is -0.390. The van der Waals surface area contributed by atoms with Crippen LogP contribution in [0.1, 0.15) is 20.3 Å². The van der Waals surface area contributed by atoms with E-state index in [9.17, 15) is 23.3 Å². The molecule has 10 heteroatoms. The van der Waals surface area contributed by atoms with Crippen LogP contribution in [0.5, 0.6) is 5.75 Å². The van der Waals surface area contributed by atoms with Gasteiger partial charge < -0.3 is 19.8 Å². The molecule has 9 nitrogen and oxygen atoms in total. The summed E-state index contributed by atoms with van der Waals surface area (Å²) >= 11 is 0. The van der Waals surface area contributed by atoms with Gasteiger partial charge in [0.25, 0.3) is 5.91 Å². The van der Waals surface area contributed by atoms with Crippen LogP contribution in [-0.2, 0) is 14.6 Å². The number of likely N-dealkylation sites (N-methyl/N-ethyl adjacent to an activating group) is 1. The summed E-state index contributed by atoms with van der Waals surface area (Å²) in [6, 6.07) is 2.45. The van der Waals surface area contributed by atoms with Crippen LogP contribution in [0, 0.1) is 10.1 Å². The summed E-state index contributed by atoms with van der Waals surface area (Å²) in [5, 5.41) is 10.9. The summed E-state index contributed by atoms with van der Waals surface area (Å²) in [5.41, 5.74) is 0. The summed E-state index contributed by atoms with van der Waals surface area (Å²) in [6.45, 7) is 3.56. The maximum atomic E-state index is 12.6. The lowest BCUT2D eigenvalue weighted by atomic mass is 10.2. The van der Waals surface area contributed by atoms with Crippen molar-refractivity contribution in [3.8, 4) is 5.75 Å². The van der Waals surface area contributed by atoms with Crippen molar-refractivity contribution in [2.45, 2.75) is 32.4 Å². The van der Waals surface area contributed by atoms with Crippen LogP contribution in [0.15, 0.2) is 18.3 Å². The number of nitro groups is 1. The van der Waals surface area contributed by atoms with Crippen molar-refractivity contribution in [3.63, 3.8) is 0 Å². The van der Waals surface area contributed by atoms with Gasteiger partial charge >= 0.3 is 5.82 Å². The molecule has 1 aliphatic heterocycles. The van der Waals surface area contributed by atoms with Crippen molar-refractivity contribution in [1.82, 2.24) is 9.88 Å². The van der Waals surface area contributed by atoms with E-state index in [4.69, 9.17) is 4.74 Å². The average Bonchev–Trinajstić information content (AvgIpc) is 2.88. The number of amides is 1. The van der Waals surface area contributed by atoms with E-state index >= 15 is 0 Å². The second-order valence-electron chi connectivity index (χ2n) is 5.52. The van der Waals surface area contributed by atoms with Gasteiger partial charge in [0.1, 0.15) is 6.20 Å². The summed E-state index contributed by atoms with van der Waals surface area (Å²) in [5.74, 6) is -0.975. The zero-order valence-corrected chi connectivity index (χ0v) is 14.2. The standard InChI is InChI=1S/C14H19N3O6S/c1-3-16(11-6-8-24(21,22)9-11)14(18)10(2)23-12-5-4-7-15-13(12)17(19)20/h4-5,7,10-11H,3,6,8-9H2,1-2H3/t10-,11+/m1/s1. The molecule has 0 N–H and O–H groups in total. The minimum absolute atomic E-state index is 0.0603. The molecule has 2 heterocycles. The highest BCUT2D eigenvalue weighted by Crippen LogP contribution is 2.25. The highest BCUT2D eigenvalue weighted by Gasteiger charge is 2.36. The van der Waals surface area contributed by atoms with E-state index in [1.165, 1.54) is 30.2 Å². The van der Waals surface area contributed by atoms with Gasteiger partial charge in [-0.05, 0) is 42.3 Å². The Morgan fingerprint density at radius 3 is 2.83 bits per heavy atom. The third-order valence-corrected chi connectivity index (χ3v) is 5.60. The number of aromatic nitrogens is 1. The normalized spacial score (nSPS) is 20.3. The Morgan fingerprint density at radius 2 is 2.29 bits per heavy atom. The molecule has 24 heavy (non-hydrogen) atoms. The molecule has 0 bridgehead atoms. The lowest BCUT2D eigenvalue weighted by Gasteiger charge is -2.29. The molecule has 0 aliphatic carbocycles. The molecule has 0 unspecified atom stereocenters. The van der Waals surface area contributed by atoms with Gasteiger partial charge in [0.05, 0.1) is 11.5 Å². The van der Waals surface area contributed by atoms with Crippen LogP contribution < -0.4 is 4.74 Å². The summed E-state index contributed by atoms with van der Waals surface area (Å²) in [4.78, 5) is 27.9. The first kappa shape index (κ1) is 18.1. The third kappa shape index (κ3) is 3.99. The maximum Gasteiger partial charge on any atom is 0.406 e. The van der Waals surface area contributed by atoms with Crippen LogP contribution in [0.4, 0.5) is 5.82 Å². The molecule has 132 valence electrons. The number of carbonyl (C=O) groups is 1. The van der Waals surface area contributed by atoms with E-state index in [0.717, 1.165) is 0 Å². The topological polar surface area (TPSA) is 120 Å². The minimum atomic E-state index is -3.12. The number of rotatable bonds is 6. The number of pyridine rings is 1. The van der Waals surface area contributed by atoms with Crippen molar-refractivity contribution < 1.29 is 22.9 Å². The zero-order chi connectivity index (χ0) is 17.9. The minimum Gasteiger partial charge on any atom is -0.473 e. The van der Waals surface area contributed by atoms with Crippen LogP contribution in [0.2, 0.25) is 0 Å². The van der Waals surface area contributed by atoms with Crippen molar-refractivity contribution in [2.75, 3.05) is 18.1 Å². The second kappa shape index (κ2) is 7.12. The van der Waals surface area contributed by atoms with Crippen LogP contribution >= 0.6 is 0 Å². The lowest BCUT2D eigenvalue weighted by Crippen LogP contribution is -2.46. The fraction of sp³-hybridized carbons (Fsp3) is 0.571. The highest BCUT2D eigenvalue weighted by atomic mass is 32.2. The van der Waals surface area contributed by atoms with Gasteiger partial charge in [-0.25, -0.2) is 8.42 Å². The van der Waals surface area contributed by atoms with Crippen LogP contribution in [0.25, 0.3) is 0 Å². The number of hydrogen-bond acceptors (Lipinski definition) is 7. The first-order valence-electron chi connectivity index (χ1n) is 7.52. The van der Waals surface area contributed by atoms with E-state index in [1.54, 1.807) is 6.92 Å². The van der Waals surface area contributed by atoms with Gasteiger partial charge in [0.2, 0.25) is 5.75 Å². The van der Waals surface area contributed by atoms with Gasteiger partial charge in [-0.3, -0.25) is 4.79 Å². The average molecular weight is 357 g/mol. The molecule has 0 spiro atoms. The van der Waals surface area contributed by atoms with Crippen molar-refractivity contribution in [1.29, 1.82) is 0 Å². The number of ether oxygens (including phenoxy) is 1. The molecule has 0 aromatic carbocycles. The molecular formula is C14H19N3O6S. The molecule has 0 radical (unpaired) electrons. The largest absolute Gasteiger partial charge is 0.473 e. The Kier molecular flexibility index (Phi) is 5.37. The summed E-state index contributed by atoms with van der Waals surface area (Å²) in [6.07, 6.45) is 0.664. The maximum absolute atomic E-state index is 12.6. The predicted molar refractivity (Wildman–Crippen MR) is 85.4 cm³/mol. The molecule has 2 rings (SSSR count). The third-order valence-electron chi connectivity index (χ3n) is 3.85. The van der Waals surface area contributed by atoms with Crippen molar-refractivity contribution in [2.24, 2.45) is 0 Å². The van der Waals surface area contributed by atoms with E-state index in [-0.39, 0.29) is 23.3 Å². The Labute approximate surface area is 139 Å². The van der Waals surface area contributed by atoms with E-state index < -0.39 is 32.6 Å². The SMILES string of the molecule is CCN(C(=O)[C@@H](C)Oc1cccnc1[N+](=O)[O-])[C@H]1CCS(=O)(=O)C1. The summed E-state index contributed by atoms with van der Waals surface area (Å²) in [7, 11) is -3.12. The van der Waals surface area contributed by atoms with Gasteiger partial charge in [0.15, 0.2) is 15.9 Å². The molecule has 2 atom stereocenters. The molecule has 1 saturated heterocycles. The zero-order valence-electron chi connectivity index (χ0n) is 13.4. The smallest absolute Gasteiger partial charge is 0.406 e. The molecule has 1 fully saturated rings. The molecule has 1 aromatic rings. The van der Waals surface area contributed by atoms with E-state index in [0.29, 0.717) is 13.0 Å². The van der Waals surface area contributed by atoms with Crippen LogP contribution in [-0.4, -0.2) is 59.3 Å². The molecule has 1 amide bonds. The number of hydrogen-bond donors (Lipinski definition) is 0. The van der Waals surface area contributed by atoms with E-state index in [2.05, 4.69) is 4.98 Å². The number of sulfone groups is 1. The molecule has 1 aliphatic rings.